The molecule has 3 heteroatoms. The number of methoxy groups -OCH3 is 1. The molecule has 1 saturated carbocycles. The van der Waals surface area contributed by atoms with Gasteiger partial charge in [-0.05, 0) is 44.2 Å². The topological polar surface area (TPSA) is 38.5 Å². The van der Waals surface area contributed by atoms with Crippen LogP contribution in [0.25, 0.3) is 0 Å². The van der Waals surface area contributed by atoms with Gasteiger partial charge in [0, 0.05) is 30.4 Å². The quantitative estimate of drug-likeness (QED) is 0.819. The van der Waals surface area contributed by atoms with Crippen molar-refractivity contribution in [2.45, 2.75) is 39.2 Å². The summed E-state index contributed by atoms with van der Waals surface area (Å²) >= 11 is 0. The summed E-state index contributed by atoms with van der Waals surface area (Å²) in [4.78, 5) is 2.48. The Balaban J connectivity index is 2.33. The summed E-state index contributed by atoms with van der Waals surface area (Å²) in [5.41, 5.74) is 8.56. The Morgan fingerprint density at radius 3 is 2.68 bits per heavy atom. The van der Waals surface area contributed by atoms with Crippen LogP contribution in [0.2, 0.25) is 0 Å². The summed E-state index contributed by atoms with van der Waals surface area (Å²) < 4.78 is 5.49. The van der Waals surface area contributed by atoms with Gasteiger partial charge < -0.3 is 15.4 Å². The summed E-state index contributed by atoms with van der Waals surface area (Å²) in [6.45, 7) is 6.50. The molecule has 0 aliphatic heterocycles. The molecule has 19 heavy (non-hydrogen) atoms. The molecule has 2 N–H and O–H groups in total. The molecule has 106 valence electrons. The number of ether oxygens (including phenoxy) is 1. The van der Waals surface area contributed by atoms with Crippen molar-refractivity contribution < 1.29 is 4.74 Å². The van der Waals surface area contributed by atoms with Crippen molar-refractivity contribution >= 4 is 5.69 Å². The van der Waals surface area contributed by atoms with E-state index in [0.29, 0.717) is 0 Å². The minimum Gasteiger partial charge on any atom is -0.496 e. The number of benzene rings is 1. The van der Waals surface area contributed by atoms with Gasteiger partial charge in [-0.2, -0.15) is 0 Å². The maximum Gasteiger partial charge on any atom is 0.125 e. The Kier molecular flexibility index (Phi) is 4.70. The number of rotatable bonds is 7. The van der Waals surface area contributed by atoms with E-state index in [4.69, 9.17) is 10.5 Å². The molecule has 1 aliphatic rings. The molecule has 1 aromatic carbocycles. The van der Waals surface area contributed by atoms with Crippen LogP contribution in [-0.4, -0.2) is 20.2 Å². The standard InChI is InChI=1S/C16H26N2O/c1-4-10-18(11-13-8-9-13)14-6-5-7-15(19-3)16(14)12(2)17/h5-7,12-13H,4,8-11,17H2,1-3H3/t12-/m0/s1. The lowest BCUT2D eigenvalue weighted by Crippen LogP contribution is -2.28. The van der Waals surface area contributed by atoms with Crippen LogP contribution in [-0.2, 0) is 0 Å². The smallest absolute Gasteiger partial charge is 0.125 e. The van der Waals surface area contributed by atoms with Gasteiger partial charge in [-0.15, -0.1) is 0 Å². The minimum atomic E-state index is -0.00953. The van der Waals surface area contributed by atoms with Crippen molar-refractivity contribution in [2.24, 2.45) is 11.7 Å². The van der Waals surface area contributed by atoms with Crippen LogP contribution in [0.3, 0.4) is 0 Å². The zero-order valence-electron chi connectivity index (χ0n) is 12.4. The molecule has 1 aliphatic carbocycles. The van der Waals surface area contributed by atoms with E-state index in [1.807, 2.05) is 13.0 Å². The maximum atomic E-state index is 6.16. The predicted octanol–water partition coefficient (Wildman–Crippen LogP) is 3.34. The molecule has 0 saturated heterocycles. The third-order valence-electron chi connectivity index (χ3n) is 3.73. The van der Waals surface area contributed by atoms with Crippen LogP contribution >= 0.6 is 0 Å². The molecule has 0 spiro atoms. The Labute approximate surface area is 116 Å². The van der Waals surface area contributed by atoms with Crippen LogP contribution < -0.4 is 15.4 Å². The largest absolute Gasteiger partial charge is 0.496 e. The first-order valence-electron chi connectivity index (χ1n) is 7.34. The Hall–Kier alpha value is -1.22. The van der Waals surface area contributed by atoms with Gasteiger partial charge in [-0.3, -0.25) is 0 Å². The van der Waals surface area contributed by atoms with E-state index in [1.165, 1.54) is 18.5 Å². The summed E-state index contributed by atoms with van der Waals surface area (Å²) in [6.07, 6.45) is 3.90. The van der Waals surface area contributed by atoms with Crippen LogP contribution in [0.15, 0.2) is 18.2 Å². The number of nitrogens with two attached hydrogens (primary N) is 1. The second kappa shape index (κ2) is 6.29. The molecular formula is C16H26N2O. The monoisotopic (exact) mass is 262 g/mol. The highest BCUT2D eigenvalue weighted by Crippen LogP contribution is 2.37. The first kappa shape index (κ1) is 14.2. The van der Waals surface area contributed by atoms with Crippen LogP contribution in [0.1, 0.15) is 44.7 Å². The Morgan fingerprint density at radius 2 is 2.16 bits per heavy atom. The fourth-order valence-corrected chi connectivity index (χ4v) is 2.64. The molecule has 1 atom stereocenters. The van der Waals surface area contributed by atoms with Crippen molar-refractivity contribution in [1.82, 2.24) is 0 Å². The molecule has 0 unspecified atom stereocenters. The second-order valence-electron chi connectivity index (χ2n) is 5.57. The zero-order chi connectivity index (χ0) is 13.8. The molecule has 1 aromatic rings. The van der Waals surface area contributed by atoms with Gasteiger partial charge in [0.25, 0.3) is 0 Å². The molecule has 1 fully saturated rings. The molecule has 0 heterocycles. The fraction of sp³-hybridized carbons (Fsp3) is 0.625. The highest BCUT2D eigenvalue weighted by atomic mass is 16.5. The lowest BCUT2D eigenvalue weighted by molar-refractivity contribution is 0.407. The molecule has 2 rings (SSSR count). The molecular weight excluding hydrogens is 236 g/mol. The van der Waals surface area contributed by atoms with E-state index in [1.54, 1.807) is 7.11 Å². The van der Waals surface area contributed by atoms with Crippen LogP contribution in [0.5, 0.6) is 5.75 Å². The Bertz CT molecular complexity index is 413. The average molecular weight is 262 g/mol. The number of hydrogen-bond donors (Lipinski definition) is 1. The van der Waals surface area contributed by atoms with E-state index < -0.39 is 0 Å². The summed E-state index contributed by atoms with van der Waals surface area (Å²) in [5, 5.41) is 0. The van der Waals surface area contributed by atoms with Crippen LogP contribution in [0.4, 0.5) is 5.69 Å². The van der Waals surface area contributed by atoms with E-state index >= 15 is 0 Å². The van der Waals surface area contributed by atoms with Gasteiger partial charge in [-0.25, -0.2) is 0 Å². The number of anilines is 1. The average Bonchev–Trinajstić information content (AvgIpc) is 3.21. The van der Waals surface area contributed by atoms with Gasteiger partial charge in [0.15, 0.2) is 0 Å². The van der Waals surface area contributed by atoms with Gasteiger partial charge in [0.05, 0.1) is 7.11 Å². The highest BCUT2D eigenvalue weighted by molar-refractivity contribution is 5.61. The van der Waals surface area contributed by atoms with E-state index in [9.17, 15) is 0 Å². The third-order valence-corrected chi connectivity index (χ3v) is 3.73. The van der Waals surface area contributed by atoms with Crippen LogP contribution in [0, 0.1) is 5.92 Å². The Morgan fingerprint density at radius 1 is 1.42 bits per heavy atom. The van der Waals surface area contributed by atoms with Crippen molar-refractivity contribution in [3.8, 4) is 5.75 Å². The normalized spacial score (nSPS) is 16.2. The van der Waals surface area contributed by atoms with Crippen molar-refractivity contribution in [2.75, 3.05) is 25.1 Å². The van der Waals surface area contributed by atoms with E-state index in [2.05, 4.69) is 24.0 Å². The molecule has 0 aromatic heterocycles. The van der Waals surface area contributed by atoms with Crippen molar-refractivity contribution in [3.63, 3.8) is 0 Å². The highest BCUT2D eigenvalue weighted by Gasteiger charge is 2.26. The molecule has 0 bridgehead atoms. The SMILES string of the molecule is CCCN(CC1CC1)c1cccc(OC)c1[C@H](C)N. The predicted molar refractivity (Wildman–Crippen MR) is 80.8 cm³/mol. The second-order valence-corrected chi connectivity index (χ2v) is 5.57. The molecule has 0 radical (unpaired) electrons. The van der Waals surface area contributed by atoms with Crippen molar-refractivity contribution in [1.29, 1.82) is 0 Å². The summed E-state index contributed by atoms with van der Waals surface area (Å²) in [6, 6.07) is 6.24. The first-order valence-corrected chi connectivity index (χ1v) is 7.34. The number of nitrogens with zero attached hydrogens (tertiary/aromatic N) is 1. The zero-order valence-corrected chi connectivity index (χ0v) is 12.4. The fourth-order valence-electron chi connectivity index (χ4n) is 2.64. The molecule has 3 nitrogen and oxygen atoms in total. The maximum absolute atomic E-state index is 6.16. The lowest BCUT2D eigenvalue weighted by atomic mass is 10.0. The van der Waals surface area contributed by atoms with E-state index in [0.717, 1.165) is 36.7 Å². The summed E-state index contributed by atoms with van der Waals surface area (Å²) in [7, 11) is 1.72. The lowest BCUT2D eigenvalue weighted by Gasteiger charge is -2.29. The minimum absolute atomic E-state index is 0.00953. The van der Waals surface area contributed by atoms with E-state index in [-0.39, 0.29) is 6.04 Å². The van der Waals surface area contributed by atoms with Crippen molar-refractivity contribution in [3.05, 3.63) is 23.8 Å². The van der Waals surface area contributed by atoms with Gasteiger partial charge in [0.1, 0.15) is 5.75 Å². The van der Waals surface area contributed by atoms with Gasteiger partial charge in [0.2, 0.25) is 0 Å². The van der Waals surface area contributed by atoms with Gasteiger partial charge in [-0.1, -0.05) is 13.0 Å². The third kappa shape index (κ3) is 3.41. The first-order chi connectivity index (χ1) is 9.17. The molecule has 0 amide bonds. The summed E-state index contributed by atoms with van der Waals surface area (Å²) in [5.74, 6) is 1.78. The number of hydrogen-bond acceptors (Lipinski definition) is 3. The van der Waals surface area contributed by atoms with Gasteiger partial charge >= 0.3 is 0 Å².